The number of anilines is 1. The van der Waals surface area contributed by atoms with Gasteiger partial charge in [0.2, 0.25) is 0 Å². The van der Waals surface area contributed by atoms with E-state index < -0.39 is 18.4 Å². The first-order valence-electron chi connectivity index (χ1n) is 6.17. The summed E-state index contributed by atoms with van der Waals surface area (Å²) in [5.41, 5.74) is 0.775. The summed E-state index contributed by atoms with van der Waals surface area (Å²) in [6, 6.07) is 5.62. The lowest BCUT2D eigenvalue weighted by Gasteiger charge is -2.16. The highest BCUT2D eigenvalue weighted by atomic mass is 16.4. The fourth-order valence-corrected chi connectivity index (χ4v) is 1.43. The Morgan fingerprint density at radius 3 is 2.33 bits per heavy atom. The van der Waals surface area contributed by atoms with Crippen LogP contribution in [0.4, 0.5) is 10.5 Å². The van der Waals surface area contributed by atoms with E-state index in [2.05, 4.69) is 10.6 Å². The van der Waals surface area contributed by atoms with E-state index in [1.165, 1.54) is 29.2 Å². The summed E-state index contributed by atoms with van der Waals surface area (Å²) in [5, 5.41) is 22.0. The molecule has 21 heavy (non-hydrogen) atoms. The predicted octanol–water partition coefficient (Wildman–Crippen LogP) is -0.0430. The Morgan fingerprint density at radius 1 is 1.19 bits per heavy atom. The normalized spacial score (nSPS) is 9.81. The van der Waals surface area contributed by atoms with Gasteiger partial charge in [0.25, 0.3) is 5.91 Å². The van der Waals surface area contributed by atoms with Crippen LogP contribution in [0.2, 0.25) is 0 Å². The second-order valence-electron chi connectivity index (χ2n) is 4.23. The van der Waals surface area contributed by atoms with Gasteiger partial charge in [-0.2, -0.15) is 0 Å². The van der Waals surface area contributed by atoms with Crippen molar-refractivity contribution in [1.82, 2.24) is 10.2 Å². The van der Waals surface area contributed by atoms with Gasteiger partial charge in [-0.05, 0) is 24.3 Å². The van der Waals surface area contributed by atoms with Gasteiger partial charge in [0.15, 0.2) is 0 Å². The van der Waals surface area contributed by atoms with Crippen LogP contribution in [0.25, 0.3) is 0 Å². The average Bonchev–Trinajstić information content (AvgIpc) is 2.45. The van der Waals surface area contributed by atoms with Crippen LogP contribution in [0, 0.1) is 0 Å². The van der Waals surface area contributed by atoms with Crippen molar-refractivity contribution in [2.24, 2.45) is 0 Å². The minimum absolute atomic E-state index is 0.132. The first-order chi connectivity index (χ1) is 9.93. The number of carbonyl (C=O) groups is 3. The van der Waals surface area contributed by atoms with Crippen molar-refractivity contribution < 1.29 is 24.6 Å². The fourth-order valence-electron chi connectivity index (χ4n) is 1.43. The van der Waals surface area contributed by atoms with Gasteiger partial charge < -0.3 is 25.7 Å². The van der Waals surface area contributed by atoms with Crippen LogP contribution in [0.5, 0.6) is 0 Å². The van der Waals surface area contributed by atoms with Gasteiger partial charge in [0.05, 0.1) is 6.61 Å². The van der Waals surface area contributed by atoms with Crippen molar-refractivity contribution in [2.75, 3.05) is 32.1 Å². The van der Waals surface area contributed by atoms with Crippen LogP contribution in [0.15, 0.2) is 24.3 Å². The zero-order valence-electron chi connectivity index (χ0n) is 11.5. The van der Waals surface area contributed by atoms with Crippen LogP contribution >= 0.6 is 0 Å². The van der Waals surface area contributed by atoms with E-state index in [0.29, 0.717) is 5.69 Å². The zero-order chi connectivity index (χ0) is 15.8. The molecule has 0 unspecified atom stereocenters. The number of aliphatic hydroxyl groups excluding tert-OH is 1. The van der Waals surface area contributed by atoms with Gasteiger partial charge in [-0.15, -0.1) is 0 Å². The van der Waals surface area contributed by atoms with E-state index in [-0.39, 0.29) is 24.7 Å². The Morgan fingerprint density at radius 2 is 1.81 bits per heavy atom. The summed E-state index contributed by atoms with van der Waals surface area (Å²) in [7, 11) is 1.54. The predicted molar refractivity (Wildman–Crippen MR) is 75.1 cm³/mol. The van der Waals surface area contributed by atoms with Crippen LogP contribution in [-0.4, -0.2) is 59.8 Å². The minimum Gasteiger partial charge on any atom is -0.480 e. The first-order valence-corrected chi connectivity index (χ1v) is 6.17. The number of hydrogen-bond donors (Lipinski definition) is 4. The number of carboxylic acid groups (broad SMARTS) is 1. The molecule has 0 saturated heterocycles. The van der Waals surface area contributed by atoms with E-state index in [0.717, 1.165) is 0 Å². The maximum absolute atomic E-state index is 11.7. The number of aliphatic hydroxyl groups is 1. The molecule has 8 nitrogen and oxygen atoms in total. The van der Waals surface area contributed by atoms with E-state index in [9.17, 15) is 14.4 Å². The van der Waals surface area contributed by atoms with Crippen LogP contribution in [-0.2, 0) is 4.79 Å². The minimum atomic E-state index is -1.13. The lowest BCUT2D eigenvalue weighted by molar-refractivity contribution is -0.135. The Balaban J connectivity index is 2.59. The number of carbonyl (C=O) groups excluding carboxylic acids is 2. The number of nitrogens with one attached hydrogen (secondary N) is 2. The molecular weight excluding hydrogens is 278 g/mol. The number of amides is 3. The monoisotopic (exact) mass is 295 g/mol. The average molecular weight is 295 g/mol. The molecule has 0 fully saturated rings. The Hall–Kier alpha value is -2.61. The molecule has 114 valence electrons. The molecule has 0 aliphatic rings. The number of rotatable bonds is 6. The Kier molecular flexibility index (Phi) is 6.15. The molecule has 0 radical (unpaired) electrons. The molecule has 4 N–H and O–H groups in total. The molecule has 0 bridgehead atoms. The van der Waals surface area contributed by atoms with Crippen LogP contribution in [0.1, 0.15) is 10.4 Å². The highest BCUT2D eigenvalue weighted by Crippen LogP contribution is 2.10. The third kappa shape index (κ3) is 5.49. The van der Waals surface area contributed by atoms with Gasteiger partial charge in [0, 0.05) is 24.8 Å². The summed E-state index contributed by atoms with van der Waals surface area (Å²) in [6.45, 7) is -0.378. The maximum atomic E-state index is 11.7. The molecule has 8 heteroatoms. The summed E-state index contributed by atoms with van der Waals surface area (Å²) in [6.07, 6.45) is 0. The smallest absolute Gasteiger partial charge is 0.322 e. The maximum Gasteiger partial charge on any atom is 0.322 e. The Labute approximate surface area is 121 Å². The summed E-state index contributed by atoms with van der Waals surface area (Å²) in [4.78, 5) is 34.9. The molecule has 0 aromatic heterocycles. The second kappa shape index (κ2) is 7.85. The topological polar surface area (TPSA) is 119 Å². The lowest BCUT2D eigenvalue weighted by Crippen LogP contribution is -2.33. The van der Waals surface area contributed by atoms with E-state index in [4.69, 9.17) is 10.2 Å². The number of nitrogens with zero attached hydrogens (tertiary/aromatic N) is 1. The molecule has 0 aliphatic heterocycles. The molecule has 0 saturated carbocycles. The quantitative estimate of drug-likeness (QED) is 0.587. The van der Waals surface area contributed by atoms with Crippen LogP contribution in [0.3, 0.4) is 0 Å². The molecule has 0 atom stereocenters. The SMILES string of the molecule is CN(CCO)C(=O)Nc1ccc(C(=O)NCC(=O)O)cc1. The second-order valence-corrected chi connectivity index (χ2v) is 4.23. The third-order valence-corrected chi connectivity index (χ3v) is 2.58. The zero-order valence-corrected chi connectivity index (χ0v) is 11.5. The summed E-state index contributed by atoms with van der Waals surface area (Å²) >= 11 is 0. The molecule has 0 aliphatic carbocycles. The van der Waals surface area contributed by atoms with E-state index in [1.54, 1.807) is 7.05 Å². The molecular formula is C13H17N3O5. The number of hydrogen-bond acceptors (Lipinski definition) is 4. The van der Waals surface area contributed by atoms with Crippen molar-refractivity contribution in [3.63, 3.8) is 0 Å². The van der Waals surface area contributed by atoms with Gasteiger partial charge in [0.1, 0.15) is 6.54 Å². The number of benzene rings is 1. The van der Waals surface area contributed by atoms with Crippen molar-refractivity contribution in [2.45, 2.75) is 0 Å². The van der Waals surface area contributed by atoms with Gasteiger partial charge in [-0.25, -0.2) is 4.79 Å². The molecule has 1 aromatic carbocycles. The highest BCUT2D eigenvalue weighted by Gasteiger charge is 2.10. The third-order valence-electron chi connectivity index (χ3n) is 2.58. The van der Waals surface area contributed by atoms with Gasteiger partial charge in [-0.3, -0.25) is 9.59 Å². The standard InChI is InChI=1S/C13H17N3O5/c1-16(6-7-17)13(21)15-10-4-2-9(3-5-10)12(20)14-8-11(18)19/h2-5,17H,6-8H2,1H3,(H,14,20)(H,15,21)(H,18,19). The van der Waals surface area contributed by atoms with Gasteiger partial charge >= 0.3 is 12.0 Å². The molecule has 1 rings (SSSR count). The van der Waals surface area contributed by atoms with Crippen molar-refractivity contribution >= 4 is 23.6 Å². The van der Waals surface area contributed by atoms with E-state index >= 15 is 0 Å². The molecule has 1 aromatic rings. The lowest BCUT2D eigenvalue weighted by atomic mass is 10.2. The van der Waals surface area contributed by atoms with Crippen molar-refractivity contribution in [1.29, 1.82) is 0 Å². The summed E-state index contributed by atoms with van der Waals surface area (Å²) in [5.74, 6) is -1.63. The van der Waals surface area contributed by atoms with E-state index in [1.807, 2.05) is 0 Å². The molecule has 0 spiro atoms. The fraction of sp³-hybridized carbons (Fsp3) is 0.308. The number of aliphatic carboxylic acids is 1. The van der Waals surface area contributed by atoms with Crippen molar-refractivity contribution in [3.05, 3.63) is 29.8 Å². The summed E-state index contributed by atoms with van der Waals surface area (Å²) < 4.78 is 0. The van der Waals surface area contributed by atoms with Crippen molar-refractivity contribution in [3.8, 4) is 0 Å². The molecule has 0 heterocycles. The van der Waals surface area contributed by atoms with Crippen LogP contribution < -0.4 is 10.6 Å². The molecule has 3 amide bonds. The first kappa shape index (κ1) is 16.4. The number of carboxylic acids is 1. The highest BCUT2D eigenvalue weighted by molar-refractivity contribution is 5.96. The number of likely N-dealkylation sites (N-methyl/N-ethyl adjacent to an activating group) is 1. The van der Waals surface area contributed by atoms with Gasteiger partial charge in [-0.1, -0.05) is 0 Å². The largest absolute Gasteiger partial charge is 0.480 e. The Bertz CT molecular complexity index is 515. The number of urea groups is 1.